The minimum Gasteiger partial charge on any atom is -0.482 e. The number of aryl methyl sites for hydroxylation is 1. The number of hydrogen-bond acceptors (Lipinski definition) is 5. The van der Waals surface area contributed by atoms with E-state index >= 15 is 0 Å². The Bertz CT molecular complexity index is 766. The van der Waals surface area contributed by atoms with Gasteiger partial charge in [0.25, 0.3) is 5.91 Å². The molecule has 1 amide bonds. The Morgan fingerprint density at radius 3 is 2.73 bits per heavy atom. The molecule has 0 unspecified atom stereocenters. The summed E-state index contributed by atoms with van der Waals surface area (Å²) in [6.07, 6.45) is 6.15. The van der Waals surface area contributed by atoms with Gasteiger partial charge in [0.1, 0.15) is 11.6 Å². The highest BCUT2D eigenvalue weighted by molar-refractivity contribution is 5.92. The molecule has 0 radical (unpaired) electrons. The maximum Gasteiger partial charge on any atom is 0.344 e. The number of rotatable bonds is 7. The number of benzene rings is 1. The van der Waals surface area contributed by atoms with E-state index in [-0.39, 0.29) is 13.2 Å². The van der Waals surface area contributed by atoms with Crippen LogP contribution >= 0.6 is 0 Å². The summed E-state index contributed by atoms with van der Waals surface area (Å²) < 4.78 is 12.2. The highest BCUT2D eigenvalue weighted by Crippen LogP contribution is 2.31. The third-order valence-electron chi connectivity index (χ3n) is 4.41. The molecule has 1 saturated carbocycles. The molecule has 0 bridgehead atoms. The predicted molar refractivity (Wildman–Crippen MR) is 96.0 cm³/mol. The summed E-state index contributed by atoms with van der Waals surface area (Å²) in [5.74, 6) is 0.269. The van der Waals surface area contributed by atoms with Crippen molar-refractivity contribution in [1.82, 2.24) is 9.78 Å². The van der Waals surface area contributed by atoms with Crippen LogP contribution in [0.25, 0.3) is 0 Å². The molecule has 0 spiro atoms. The first-order valence-corrected chi connectivity index (χ1v) is 8.81. The van der Waals surface area contributed by atoms with E-state index in [2.05, 4.69) is 10.4 Å². The molecule has 7 nitrogen and oxygen atoms in total. The predicted octanol–water partition coefficient (Wildman–Crippen LogP) is 2.87. The Morgan fingerprint density at radius 2 is 1.96 bits per heavy atom. The fraction of sp³-hybridized carbons (Fsp3) is 0.421. The highest BCUT2D eigenvalue weighted by atomic mass is 16.6. The van der Waals surface area contributed by atoms with Gasteiger partial charge < -0.3 is 14.8 Å². The van der Waals surface area contributed by atoms with E-state index in [4.69, 9.17) is 9.47 Å². The molecule has 1 aliphatic rings. The van der Waals surface area contributed by atoms with Crippen molar-refractivity contribution in [2.24, 2.45) is 0 Å². The molecule has 0 aliphatic heterocycles. The van der Waals surface area contributed by atoms with Crippen LogP contribution in [0.4, 0.5) is 5.82 Å². The summed E-state index contributed by atoms with van der Waals surface area (Å²) in [6, 6.07) is 9.46. The van der Waals surface area contributed by atoms with E-state index in [1.54, 1.807) is 18.3 Å². The number of nitrogens with zero attached hydrogens (tertiary/aromatic N) is 2. The first-order chi connectivity index (χ1) is 12.6. The van der Waals surface area contributed by atoms with Gasteiger partial charge in [-0.15, -0.1) is 0 Å². The monoisotopic (exact) mass is 357 g/mol. The number of carbonyl (C=O) groups is 2. The lowest BCUT2D eigenvalue weighted by atomic mass is 10.2. The van der Waals surface area contributed by atoms with Crippen molar-refractivity contribution < 1.29 is 19.1 Å². The van der Waals surface area contributed by atoms with Crippen LogP contribution in [0.1, 0.15) is 37.3 Å². The standard InChI is InChI=1S/C19H23N3O4/c1-14-6-2-5-9-16(14)25-13-19(24)26-12-18(23)21-17-10-11-20-22(17)15-7-3-4-8-15/h2,5-6,9-11,15H,3-4,7-8,12-13H2,1H3,(H,21,23). The first-order valence-electron chi connectivity index (χ1n) is 8.81. The topological polar surface area (TPSA) is 82.4 Å². The third kappa shape index (κ3) is 4.62. The molecular weight excluding hydrogens is 334 g/mol. The minimum absolute atomic E-state index is 0.238. The van der Waals surface area contributed by atoms with Crippen molar-refractivity contribution in [3.8, 4) is 5.75 Å². The second kappa shape index (κ2) is 8.51. The van der Waals surface area contributed by atoms with Crippen molar-refractivity contribution >= 4 is 17.7 Å². The molecule has 1 heterocycles. The van der Waals surface area contributed by atoms with Crippen LogP contribution in [-0.2, 0) is 14.3 Å². The van der Waals surface area contributed by atoms with Crippen LogP contribution in [-0.4, -0.2) is 34.9 Å². The van der Waals surface area contributed by atoms with Gasteiger partial charge in [-0.1, -0.05) is 31.0 Å². The largest absolute Gasteiger partial charge is 0.482 e. The lowest BCUT2D eigenvalue weighted by Crippen LogP contribution is -2.25. The SMILES string of the molecule is Cc1ccccc1OCC(=O)OCC(=O)Nc1ccnn1C1CCCC1. The van der Waals surface area contributed by atoms with Gasteiger partial charge >= 0.3 is 5.97 Å². The van der Waals surface area contributed by atoms with Crippen LogP contribution in [0.2, 0.25) is 0 Å². The van der Waals surface area contributed by atoms with Crippen molar-refractivity contribution in [1.29, 1.82) is 0 Å². The van der Waals surface area contributed by atoms with Crippen LogP contribution in [0.5, 0.6) is 5.75 Å². The van der Waals surface area contributed by atoms with Gasteiger partial charge in [-0.25, -0.2) is 9.48 Å². The average Bonchev–Trinajstić information content (AvgIpc) is 3.30. The van der Waals surface area contributed by atoms with Crippen LogP contribution in [0.3, 0.4) is 0 Å². The van der Waals surface area contributed by atoms with E-state index in [9.17, 15) is 9.59 Å². The summed E-state index contributed by atoms with van der Waals surface area (Å²) in [5, 5.41) is 7.04. The number of aromatic nitrogens is 2. The van der Waals surface area contributed by atoms with Crippen LogP contribution < -0.4 is 10.1 Å². The number of esters is 1. The quantitative estimate of drug-likeness (QED) is 0.771. The van der Waals surface area contributed by atoms with Gasteiger partial charge in [0.15, 0.2) is 13.2 Å². The summed E-state index contributed by atoms with van der Waals surface area (Å²) in [5.41, 5.74) is 0.929. The molecule has 3 rings (SSSR count). The minimum atomic E-state index is -0.590. The number of para-hydroxylation sites is 1. The molecule has 1 fully saturated rings. The summed E-state index contributed by atoms with van der Waals surface area (Å²) in [6.45, 7) is 1.30. The van der Waals surface area contributed by atoms with Gasteiger partial charge in [-0.3, -0.25) is 4.79 Å². The molecule has 26 heavy (non-hydrogen) atoms. The number of nitrogens with one attached hydrogen (secondary N) is 1. The maximum absolute atomic E-state index is 12.0. The molecular formula is C19H23N3O4. The molecule has 2 aromatic rings. The summed E-state index contributed by atoms with van der Waals surface area (Å²) in [7, 11) is 0. The van der Waals surface area contributed by atoms with Crippen LogP contribution in [0.15, 0.2) is 36.5 Å². The van der Waals surface area contributed by atoms with Crippen LogP contribution in [0, 0.1) is 6.92 Å². The maximum atomic E-state index is 12.0. The van der Waals surface area contributed by atoms with Crippen molar-refractivity contribution in [2.75, 3.05) is 18.5 Å². The van der Waals surface area contributed by atoms with E-state index in [1.807, 2.05) is 29.8 Å². The second-order valence-electron chi connectivity index (χ2n) is 6.36. The Labute approximate surface area is 152 Å². The molecule has 0 saturated heterocycles. The van der Waals surface area contributed by atoms with Gasteiger partial charge in [0.05, 0.1) is 12.2 Å². The van der Waals surface area contributed by atoms with Gasteiger partial charge in [0, 0.05) is 6.07 Å². The fourth-order valence-corrected chi connectivity index (χ4v) is 3.07. The highest BCUT2D eigenvalue weighted by Gasteiger charge is 2.20. The molecule has 1 aromatic carbocycles. The summed E-state index contributed by atoms with van der Waals surface area (Å²) in [4.78, 5) is 23.8. The molecule has 7 heteroatoms. The molecule has 138 valence electrons. The Hall–Kier alpha value is -2.83. The van der Waals surface area contributed by atoms with Crippen molar-refractivity contribution in [3.63, 3.8) is 0 Å². The number of amides is 1. The number of ether oxygens (including phenoxy) is 2. The normalized spacial score (nSPS) is 14.2. The third-order valence-corrected chi connectivity index (χ3v) is 4.41. The van der Waals surface area contributed by atoms with E-state index in [0.717, 1.165) is 18.4 Å². The zero-order valence-electron chi connectivity index (χ0n) is 14.8. The Kier molecular flexibility index (Phi) is 5.88. The van der Waals surface area contributed by atoms with E-state index < -0.39 is 11.9 Å². The lowest BCUT2D eigenvalue weighted by molar-refractivity contribution is -0.149. The number of anilines is 1. The molecule has 1 aliphatic carbocycles. The number of hydrogen-bond donors (Lipinski definition) is 1. The first kappa shape index (κ1) is 18.0. The average molecular weight is 357 g/mol. The molecule has 1 aromatic heterocycles. The second-order valence-corrected chi connectivity index (χ2v) is 6.36. The zero-order valence-corrected chi connectivity index (χ0v) is 14.8. The Balaban J connectivity index is 1.43. The zero-order chi connectivity index (χ0) is 18.4. The smallest absolute Gasteiger partial charge is 0.344 e. The van der Waals surface area contributed by atoms with Crippen molar-refractivity contribution in [2.45, 2.75) is 38.6 Å². The Morgan fingerprint density at radius 1 is 1.19 bits per heavy atom. The lowest BCUT2D eigenvalue weighted by Gasteiger charge is -2.14. The van der Waals surface area contributed by atoms with Crippen molar-refractivity contribution in [3.05, 3.63) is 42.1 Å². The molecule has 0 atom stereocenters. The van der Waals surface area contributed by atoms with Gasteiger partial charge in [0.2, 0.25) is 0 Å². The molecule has 1 N–H and O–H groups in total. The van der Waals surface area contributed by atoms with E-state index in [0.29, 0.717) is 17.6 Å². The number of carbonyl (C=O) groups excluding carboxylic acids is 2. The van der Waals surface area contributed by atoms with Gasteiger partial charge in [-0.05, 0) is 31.4 Å². The van der Waals surface area contributed by atoms with Gasteiger partial charge in [-0.2, -0.15) is 5.10 Å². The van der Waals surface area contributed by atoms with E-state index in [1.165, 1.54) is 12.8 Å². The fourth-order valence-electron chi connectivity index (χ4n) is 3.07. The summed E-state index contributed by atoms with van der Waals surface area (Å²) >= 11 is 0.